The van der Waals surface area contributed by atoms with Crippen LogP contribution < -0.4 is 5.73 Å². The number of nitrogens with two attached hydrogens (primary N) is 1. The molecule has 25 nitrogen and oxygen atoms in total. The Morgan fingerprint density at radius 1 is 0.459 bits per heavy atom. The Morgan fingerprint density at radius 2 is 0.784 bits per heavy atom. The van der Waals surface area contributed by atoms with E-state index >= 15 is 0 Å². The van der Waals surface area contributed by atoms with Gasteiger partial charge in [0.2, 0.25) is 0 Å². The minimum atomic E-state index is -6.13. The average Bonchev–Trinajstić information content (AvgIpc) is 2.54. The first-order valence-corrected chi connectivity index (χ1v) is 15.8. The molecule has 0 aliphatic carbocycles. The van der Waals surface area contributed by atoms with Crippen LogP contribution in [0.4, 0.5) is 0 Å². The van der Waals surface area contributed by atoms with Crippen LogP contribution in [0.3, 0.4) is 0 Å². The van der Waals surface area contributed by atoms with Crippen LogP contribution in [0.25, 0.3) is 0 Å². The summed E-state index contributed by atoms with van der Waals surface area (Å²) in [5.41, 5.74) is 5.04. The Kier molecular flexibility index (Phi) is 12.3. The molecule has 224 valence electrons. The summed E-state index contributed by atoms with van der Waals surface area (Å²) >= 11 is 0. The van der Waals surface area contributed by atoms with E-state index in [-0.39, 0.29) is 0 Å². The van der Waals surface area contributed by atoms with Crippen molar-refractivity contribution in [3.8, 4) is 0 Å². The first kappa shape index (κ1) is 36.2. The van der Waals surface area contributed by atoms with Crippen LogP contribution in [0, 0.1) is 0 Å². The zero-order chi connectivity index (χ0) is 29.8. The molecule has 5 atom stereocenters. The van der Waals surface area contributed by atoms with Gasteiger partial charge in [0.05, 0.1) is 6.61 Å². The molecule has 0 aliphatic rings. The van der Waals surface area contributed by atoms with E-state index in [0.717, 1.165) is 0 Å². The molecule has 0 saturated heterocycles. The number of hydrogen-bond acceptors (Lipinski definition) is 19. The summed E-state index contributed by atoms with van der Waals surface area (Å²) in [6.45, 7) is -2.10. The SMILES string of the molecule is NC(OS(=O)(=O)O)[C@H](OS(=O)(=O)O)[C@@H](OS(=O)(=O)O)[C@H](OS(=O)(=O)O)[C@@H](COS(=O)(=O)O)OS(=O)(=O)O. The largest absolute Gasteiger partial charge is 0.398 e. The van der Waals surface area contributed by atoms with Crippen molar-refractivity contribution >= 4 is 62.4 Å². The van der Waals surface area contributed by atoms with Gasteiger partial charge >= 0.3 is 62.4 Å². The minimum Gasteiger partial charge on any atom is -0.302 e. The predicted molar refractivity (Wildman–Crippen MR) is 104 cm³/mol. The molecular formula is C6H15NO24S6. The van der Waals surface area contributed by atoms with E-state index in [1.807, 2.05) is 0 Å². The van der Waals surface area contributed by atoms with Crippen molar-refractivity contribution in [3.63, 3.8) is 0 Å². The fourth-order valence-electron chi connectivity index (χ4n) is 2.02. The Bertz CT molecular complexity index is 1420. The molecule has 37 heavy (non-hydrogen) atoms. The monoisotopic (exact) mass is 677 g/mol. The van der Waals surface area contributed by atoms with Crippen LogP contribution in [-0.2, 0) is 87.5 Å². The molecule has 0 fully saturated rings. The Balaban J connectivity index is 7.33. The summed E-state index contributed by atoms with van der Waals surface area (Å²) in [6.07, 6.45) is -17.0. The van der Waals surface area contributed by atoms with Gasteiger partial charge in [-0.05, 0) is 0 Å². The van der Waals surface area contributed by atoms with Crippen molar-refractivity contribution in [2.24, 2.45) is 5.73 Å². The fraction of sp³-hybridized carbons (Fsp3) is 1.00. The molecule has 0 amide bonds. The van der Waals surface area contributed by atoms with Gasteiger partial charge in [-0.3, -0.25) is 27.3 Å². The summed E-state index contributed by atoms with van der Waals surface area (Å²) in [4.78, 5) is 0. The second-order valence-electron chi connectivity index (χ2n) is 5.73. The third-order valence-corrected chi connectivity index (χ3v) is 5.68. The molecule has 0 heterocycles. The fourth-order valence-corrected chi connectivity index (χ4v) is 4.71. The molecule has 1 unspecified atom stereocenters. The third kappa shape index (κ3) is 18.2. The maximum absolute atomic E-state index is 11.3. The molecule has 0 aromatic carbocycles. The highest BCUT2D eigenvalue weighted by Crippen LogP contribution is 2.25. The van der Waals surface area contributed by atoms with Crippen molar-refractivity contribution in [1.82, 2.24) is 0 Å². The van der Waals surface area contributed by atoms with Crippen molar-refractivity contribution in [3.05, 3.63) is 0 Å². The van der Waals surface area contributed by atoms with Crippen LogP contribution in [0.1, 0.15) is 0 Å². The second-order valence-corrected chi connectivity index (χ2v) is 12.1. The van der Waals surface area contributed by atoms with E-state index in [1.165, 1.54) is 0 Å². The lowest BCUT2D eigenvalue weighted by Gasteiger charge is -2.34. The molecular weight excluding hydrogens is 662 g/mol. The van der Waals surface area contributed by atoms with E-state index in [4.69, 9.17) is 33.1 Å². The lowest BCUT2D eigenvalue weighted by molar-refractivity contribution is -0.103. The summed E-state index contributed by atoms with van der Waals surface area (Å²) < 4.78 is 208. The van der Waals surface area contributed by atoms with Crippen molar-refractivity contribution in [2.75, 3.05) is 6.61 Å². The molecule has 8 N–H and O–H groups in total. The Hall–Kier alpha value is -0.820. The lowest BCUT2D eigenvalue weighted by atomic mass is 10.0. The van der Waals surface area contributed by atoms with Gasteiger partial charge in [0.1, 0.15) is 18.3 Å². The molecule has 0 aromatic rings. The highest BCUT2D eigenvalue weighted by molar-refractivity contribution is 7.82. The molecule has 0 aliphatic heterocycles. The predicted octanol–water partition coefficient (Wildman–Crippen LogP) is -5.34. The second kappa shape index (κ2) is 12.6. The van der Waals surface area contributed by atoms with Gasteiger partial charge in [-0.2, -0.15) is 50.5 Å². The van der Waals surface area contributed by atoms with E-state index in [9.17, 15) is 50.5 Å². The Morgan fingerprint density at radius 3 is 1.11 bits per heavy atom. The van der Waals surface area contributed by atoms with Crippen LogP contribution in [0.2, 0.25) is 0 Å². The highest BCUT2D eigenvalue weighted by Gasteiger charge is 2.49. The topological polar surface area (TPSA) is 408 Å². The smallest absolute Gasteiger partial charge is 0.302 e. The van der Waals surface area contributed by atoms with Crippen LogP contribution in [-0.4, -0.2) is 115 Å². The maximum Gasteiger partial charge on any atom is 0.398 e. The Labute approximate surface area is 208 Å². The number of hydrogen-bond donors (Lipinski definition) is 7. The van der Waals surface area contributed by atoms with E-state index in [0.29, 0.717) is 0 Å². The van der Waals surface area contributed by atoms with Gasteiger partial charge in [-0.1, -0.05) is 0 Å². The summed E-state index contributed by atoms with van der Waals surface area (Å²) in [7, 11) is -35.7. The average molecular weight is 678 g/mol. The van der Waals surface area contributed by atoms with Crippen molar-refractivity contribution in [2.45, 2.75) is 30.6 Å². The summed E-state index contributed by atoms with van der Waals surface area (Å²) in [6, 6.07) is 0. The third-order valence-electron chi connectivity index (χ3n) is 2.90. The number of rotatable bonds is 17. The molecule has 31 heteroatoms. The molecule has 0 saturated carbocycles. The van der Waals surface area contributed by atoms with Gasteiger partial charge in [-0.15, -0.1) is 0 Å². The first-order chi connectivity index (χ1) is 16.0. The molecule has 0 radical (unpaired) electrons. The van der Waals surface area contributed by atoms with E-state index in [2.05, 4.69) is 25.1 Å². The summed E-state index contributed by atoms with van der Waals surface area (Å²) in [5, 5.41) is 0. The van der Waals surface area contributed by atoms with Crippen LogP contribution in [0.5, 0.6) is 0 Å². The minimum absolute atomic E-state index is 2.10. The zero-order valence-electron chi connectivity index (χ0n) is 16.7. The van der Waals surface area contributed by atoms with Crippen molar-refractivity contribution < 1.29 is 103 Å². The quantitative estimate of drug-likeness (QED) is 0.0558. The van der Waals surface area contributed by atoms with Crippen LogP contribution >= 0.6 is 0 Å². The van der Waals surface area contributed by atoms with Gasteiger partial charge < -0.3 is 5.73 Å². The van der Waals surface area contributed by atoms with Gasteiger partial charge in [-0.25, -0.2) is 25.1 Å². The van der Waals surface area contributed by atoms with Crippen LogP contribution in [0.15, 0.2) is 0 Å². The lowest BCUT2D eigenvalue weighted by Crippen LogP contribution is -2.58. The zero-order valence-corrected chi connectivity index (χ0v) is 21.6. The maximum atomic E-state index is 11.3. The molecule has 0 rings (SSSR count). The van der Waals surface area contributed by atoms with Gasteiger partial charge in [0.25, 0.3) is 0 Å². The van der Waals surface area contributed by atoms with E-state index < -0.39 is 99.6 Å². The van der Waals surface area contributed by atoms with Gasteiger partial charge in [0.15, 0.2) is 12.3 Å². The first-order valence-electron chi connectivity index (χ1n) is 7.64. The van der Waals surface area contributed by atoms with Gasteiger partial charge in [0, 0.05) is 0 Å². The normalized spacial score (nSPS) is 18.6. The highest BCUT2D eigenvalue weighted by atomic mass is 32.3. The molecule has 0 aromatic heterocycles. The molecule has 0 bridgehead atoms. The molecule has 0 spiro atoms. The summed E-state index contributed by atoms with van der Waals surface area (Å²) in [5.74, 6) is 0. The standard InChI is InChI=1S/C6H15NO24S6/c7-6(31-37(23,24)25)5(30-36(20,21)22)4(29-35(17,18)19)3(28-34(14,15)16)2(27-33(11,12)13)1-26-32(8,9)10/h2-6H,1,7H2,(H,8,9,10)(H,11,12,13)(H,14,15,16)(H,17,18,19)(H,20,21,22)(H,23,24,25)/t2-,3-,4+,5-,6?/m1/s1. The van der Waals surface area contributed by atoms with Crippen molar-refractivity contribution in [1.29, 1.82) is 0 Å². The van der Waals surface area contributed by atoms with E-state index in [1.54, 1.807) is 0 Å².